The van der Waals surface area contributed by atoms with Crippen LogP contribution in [0.3, 0.4) is 0 Å². The molecule has 0 radical (unpaired) electrons. The summed E-state index contributed by atoms with van der Waals surface area (Å²) in [7, 11) is -2.86. The minimum Gasteiger partial charge on any atom is -0.495 e. The van der Waals surface area contributed by atoms with Crippen molar-refractivity contribution in [1.29, 1.82) is 0 Å². The average Bonchev–Trinajstić information content (AvgIpc) is 2.65. The smallest absolute Gasteiger partial charge is 0.323 e. The summed E-state index contributed by atoms with van der Waals surface area (Å²) in [6, 6.07) is 12.5. The van der Waals surface area contributed by atoms with Crippen LogP contribution >= 0.6 is 0 Å². The minimum atomic E-state index is -4.17. The topological polar surface area (TPSA) is 122 Å². The molecule has 0 spiro atoms. The van der Waals surface area contributed by atoms with Crippen LogP contribution in [0, 0.1) is 0 Å². The highest BCUT2D eigenvalue weighted by Gasteiger charge is 2.28. The van der Waals surface area contributed by atoms with E-state index in [0.29, 0.717) is 5.56 Å². The maximum Gasteiger partial charge on any atom is 0.323 e. The third-order valence-electron chi connectivity index (χ3n) is 3.46. The SMILES string of the molecule is COc1ccccc1S(=O)(=O)N[C@H](CNC(=O)c1ccccc1)C(=O)O. The van der Waals surface area contributed by atoms with Gasteiger partial charge in [-0.3, -0.25) is 9.59 Å². The van der Waals surface area contributed by atoms with Crippen LogP contribution in [0.2, 0.25) is 0 Å². The number of hydrogen-bond donors (Lipinski definition) is 3. The molecule has 2 rings (SSSR count). The third kappa shape index (κ3) is 4.80. The van der Waals surface area contributed by atoms with Gasteiger partial charge in [0.2, 0.25) is 10.0 Å². The number of nitrogens with one attached hydrogen (secondary N) is 2. The van der Waals surface area contributed by atoms with E-state index in [1.54, 1.807) is 36.4 Å². The summed E-state index contributed by atoms with van der Waals surface area (Å²) in [5.41, 5.74) is 0.337. The number of benzene rings is 2. The van der Waals surface area contributed by atoms with Gasteiger partial charge in [0.15, 0.2) is 0 Å². The lowest BCUT2D eigenvalue weighted by Crippen LogP contribution is -2.48. The van der Waals surface area contributed by atoms with E-state index in [4.69, 9.17) is 4.74 Å². The van der Waals surface area contributed by atoms with E-state index in [0.717, 1.165) is 0 Å². The Bertz CT molecular complexity index is 883. The number of carbonyl (C=O) groups excluding carboxylic acids is 1. The van der Waals surface area contributed by atoms with Crippen LogP contribution in [0.1, 0.15) is 10.4 Å². The first-order valence-electron chi connectivity index (χ1n) is 7.56. The Morgan fingerprint density at radius 3 is 2.31 bits per heavy atom. The van der Waals surface area contributed by atoms with Gasteiger partial charge in [-0.2, -0.15) is 4.72 Å². The van der Waals surface area contributed by atoms with E-state index in [9.17, 15) is 23.1 Å². The molecule has 0 aliphatic carbocycles. The fraction of sp³-hybridized carbons (Fsp3) is 0.176. The molecule has 0 unspecified atom stereocenters. The average molecular weight is 378 g/mol. The molecule has 0 fully saturated rings. The second-order valence-corrected chi connectivity index (χ2v) is 6.92. The number of methoxy groups -OCH3 is 1. The number of rotatable bonds is 8. The first-order valence-corrected chi connectivity index (χ1v) is 9.05. The highest BCUT2D eigenvalue weighted by atomic mass is 32.2. The van der Waals surface area contributed by atoms with E-state index >= 15 is 0 Å². The van der Waals surface area contributed by atoms with Crippen LogP contribution in [0.25, 0.3) is 0 Å². The molecule has 2 aromatic rings. The summed E-state index contributed by atoms with van der Waals surface area (Å²) >= 11 is 0. The van der Waals surface area contributed by atoms with Gasteiger partial charge in [-0.1, -0.05) is 30.3 Å². The highest BCUT2D eigenvalue weighted by molar-refractivity contribution is 7.89. The van der Waals surface area contributed by atoms with E-state index in [1.165, 1.54) is 25.3 Å². The molecular formula is C17H18N2O6S. The lowest BCUT2D eigenvalue weighted by atomic mass is 10.2. The van der Waals surface area contributed by atoms with E-state index in [-0.39, 0.29) is 10.6 Å². The molecule has 8 nitrogen and oxygen atoms in total. The Labute approximate surface area is 150 Å². The Morgan fingerprint density at radius 1 is 1.08 bits per heavy atom. The molecule has 0 bridgehead atoms. The summed E-state index contributed by atoms with van der Waals surface area (Å²) < 4.78 is 32.0. The van der Waals surface area contributed by atoms with Gasteiger partial charge < -0.3 is 15.2 Å². The van der Waals surface area contributed by atoms with Gasteiger partial charge in [0.25, 0.3) is 5.91 Å². The molecule has 0 saturated carbocycles. The molecule has 2 aromatic carbocycles. The molecule has 9 heteroatoms. The van der Waals surface area contributed by atoms with Gasteiger partial charge in [0, 0.05) is 12.1 Å². The van der Waals surface area contributed by atoms with Gasteiger partial charge in [-0.05, 0) is 24.3 Å². The molecule has 26 heavy (non-hydrogen) atoms. The number of para-hydroxylation sites is 1. The van der Waals surface area contributed by atoms with Crippen molar-refractivity contribution >= 4 is 21.9 Å². The standard InChI is InChI=1S/C17H18N2O6S/c1-25-14-9-5-6-10-15(14)26(23,24)19-13(17(21)22)11-18-16(20)12-7-3-2-4-8-12/h2-10,13,19H,11H2,1H3,(H,18,20)(H,21,22)/t13-/m1/s1. The summed E-state index contributed by atoms with van der Waals surface area (Å²) in [6.07, 6.45) is 0. The summed E-state index contributed by atoms with van der Waals surface area (Å²) in [4.78, 5) is 23.2. The fourth-order valence-corrected chi connectivity index (χ4v) is 3.52. The van der Waals surface area contributed by atoms with E-state index in [2.05, 4.69) is 10.0 Å². The van der Waals surface area contributed by atoms with E-state index < -0.39 is 34.5 Å². The molecule has 3 N–H and O–H groups in total. The second-order valence-electron chi connectivity index (χ2n) is 5.24. The van der Waals surface area contributed by atoms with Crippen LogP contribution in [-0.4, -0.2) is 45.1 Å². The molecule has 0 aromatic heterocycles. The Hall–Kier alpha value is -2.91. The minimum absolute atomic E-state index is 0.0810. The second kappa shape index (κ2) is 8.45. The number of amides is 1. The first-order chi connectivity index (χ1) is 12.3. The molecule has 1 amide bonds. The van der Waals surface area contributed by atoms with Crippen molar-refractivity contribution in [3.05, 3.63) is 60.2 Å². The molecule has 0 aliphatic heterocycles. The number of sulfonamides is 1. The van der Waals surface area contributed by atoms with Crippen molar-refractivity contribution in [2.75, 3.05) is 13.7 Å². The summed E-state index contributed by atoms with van der Waals surface area (Å²) in [5.74, 6) is -1.84. The number of ether oxygens (including phenoxy) is 1. The maximum absolute atomic E-state index is 12.5. The van der Waals surface area contributed by atoms with Crippen LogP contribution in [0.4, 0.5) is 0 Å². The van der Waals surface area contributed by atoms with Gasteiger partial charge in [0.1, 0.15) is 16.7 Å². The van der Waals surface area contributed by atoms with Gasteiger partial charge in [-0.15, -0.1) is 0 Å². The zero-order valence-electron chi connectivity index (χ0n) is 13.9. The van der Waals surface area contributed by atoms with Crippen molar-refractivity contribution in [2.45, 2.75) is 10.9 Å². The molecule has 0 aliphatic rings. The van der Waals surface area contributed by atoms with Gasteiger partial charge in [0.05, 0.1) is 7.11 Å². The van der Waals surface area contributed by atoms with Crippen molar-refractivity contribution in [1.82, 2.24) is 10.0 Å². The predicted molar refractivity (Wildman–Crippen MR) is 93.5 cm³/mol. The highest BCUT2D eigenvalue weighted by Crippen LogP contribution is 2.22. The largest absolute Gasteiger partial charge is 0.495 e. The van der Waals surface area contributed by atoms with Crippen LogP contribution in [0.15, 0.2) is 59.5 Å². The van der Waals surface area contributed by atoms with Gasteiger partial charge >= 0.3 is 5.97 Å². The van der Waals surface area contributed by atoms with Crippen LogP contribution in [-0.2, 0) is 14.8 Å². The Balaban J connectivity index is 2.12. The number of aliphatic carboxylic acids is 1. The molecule has 0 heterocycles. The zero-order chi connectivity index (χ0) is 19.2. The fourth-order valence-electron chi connectivity index (χ4n) is 2.16. The predicted octanol–water partition coefficient (Wildman–Crippen LogP) is 0.857. The Morgan fingerprint density at radius 2 is 1.69 bits per heavy atom. The maximum atomic E-state index is 12.5. The lowest BCUT2D eigenvalue weighted by molar-refractivity contribution is -0.138. The molecule has 138 valence electrons. The van der Waals surface area contributed by atoms with Crippen molar-refractivity contribution < 1.29 is 27.9 Å². The summed E-state index contributed by atoms with van der Waals surface area (Å²) in [6.45, 7) is -0.419. The quantitative estimate of drug-likeness (QED) is 0.626. The normalized spacial score (nSPS) is 12.2. The zero-order valence-corrected chi connectivity index (χ0v) is 14.7. The van der Waals surface area contributed by atoms with Crippen molar-refractivity contribution in [3.8, 4) is 5.75 Å². The molecule has 0 saturated heterocycles. The third-order valence-corrected chi connectivity index (χ3v) is 4.97. The van der Waals surface area contributed by atoms with E-state index in [1.807, 2.05) is 0 Å². The number of hydrogen-bond acceptors (Lipinski definition) is 5. The number of carboxylic acids is 1. The molecule has 1 atom stereocenters. The van der Waals surface area contributed by atoms with Gasteiger partial charge in [-0.25, -0.2) is 8.42 Å². The van der Waals surface area contributed by atoms with Crippen molar-refractivity contribution in [3.63, 3.8) is 0 Å². The van der Waals surface area contributed by atoms with Crippen LogP contribution < -0.4 is 14.8 Å². The Kier molecular flexibility index (Phi) is 6.31. The first kappa shape index (κ1) is 19.4. The monoisotopic (exact) mass is 378 g/mol. The lowest BCUT2D eigenvalue weighted by Gasteiger charge is -2.17. The number of carboxylic acid groups (broad SMARTS) is 1. The van der Waals surface area contributed by atoms with Crippen LogP contribution in [0.5, 0.6) is 5.75 Å². The number of carbonyl (C=O) groups is 2. The summed E-state index contributed by atoms with van der Waals surface area (Å²) in [5, 5.41) is 11.7. The van der Waals surface area contributed by atoms with Crippen molar-refractivity contribution in [2.24, 2.45) is 0 Å². The molecular weight excluding hydrogens is 360 g/mol.